The molecular formula is C23H27NO3. The van der Waals surface area contributed by atoms with Crippen molar-refractivity contribution in [3.8, 4) is 5.75 Å². The molecule has 1 saturated heterocycles. The second kappa shape index (κ2) is 8.85. The van der Waals surface area contributed by atoms with E-state index in [1.54, 1.807) is 0 Å². The third-order valence-corrected chi connectivity index (χ3v) is 4.90. The van der Waals surface area contributed by atoms with Crippen molar-refractivity contribution in [3.05, 3.63) is 65.7 Å². The van der Waals surface area contributed by atoms with E-state index in [0.29, 0.717) is 19.4 Å². The number of likely N-dealkylation sites (tertiary alicyclic amines) is 1. The lowest BCUT2D eigenvalue weighted by molar-refractivity contribution is -0.138. The van der Waals surface area contributed by atoms with Gasteiger partial charge in [-0.25, -0.2) is 0 Å². The predicted molar refractivity (Wildman–Crippen MR) is 106 cm³/mol. The van der Waals surface area contributed by atoms with Crippen LogP contribution in [0.5, 0.6) is 5.75 Å². The molecule has 27 heavy (non-hydrogen) atoms. The highest BCUT2D eigenvalue weighted by molar-refractivity contribution is 6.01. The van der Waals surface area contributed by atoms with E-state index in [0.717, 1.165) is 18.6 Å². The molecule has 0 bridgehead atoms. The SMILES string of the molecule is CC(C)Oc1ccc([C@H](CCN2C(=O)CCC2=O)Cc2ccccc2)cc1. The predicted octanol–water partition coefficient (Wildman–Crippen LogP) is 4.34. The van der Waals surface area contributed by atoms with Crippen LogP contribution in [-0.2, 0) is 16.0 Å². The van der Waals surface area contributed by atoms with Crippen molar-refractivity contribution in [1.82, 2.24) is 4.90 Å². The van der Waals surface area contributed by atoms with Crippen LogP contribution in [0.25, 0.3) is 0 Å². The van der Waals surface area contributed by atoms with Gasteiger partial charge in [0.25, 0.3) is 0 Å². The van der Waals surface area contributed by atoms with Crippen molar-refractivity contribution in [2.45, 2.75) is 51.6 Å². The Kier molecular flexibility index (Phi) is 6.28. The Bertz CT molecular complexity index is 752. The molecule has 0 radical (unpaired) electrons. The van der Waals surface area contributed by atoms with Gasteiger partial charge in [-0.1, -0.05) is 42.5 Å². The van der Waals surface area contributed by atoms with Gasteiger partial charge < -0.3 is 4.74 Å². The van der Waals surface area contributed by atoms with Gasteiger partial charge in [-0.15, -0.1) is 0 Å². The summed E-state index contributed by atoms with van der Waals surface area (Å²) in [6, 6.07) is 18.5. The zero-order valence-corrected chi connectivity index (χ0v) is 16.1. The van der Waals surface area contributed by atoms with E-state index >= 15 is 0 Å². The van der Waals surface area contributed by atoms with Crippen LogP contribution < -0.4 is 4.74 Å². The van der Waals surface area contributed by atoms with E-state index in [2.05, 4.69) is 24.3 Å². The van der Waals surface area contributed by atoms with Crippen LogP contribution in [0.2, 0.25) is 0 Å². The molecule has 1 atom stereocenters. The number of carbonyl (C=O) groups excluding carboxylic acids is 2. The van der Waals surface area contributed by atoms with Gasteiger partial charge in [0.15, 0.2) is 0 Å². The summed E-state index contributed by atoms with van der Waals surface area (Å²) in [5.41, 5.74) is 2.46. The lowest BCUT2D eigenvalue weighted by atomic mass is 9.89. The first-order chi connectivity index (χ1) is 13.0. The topological polar surface area (TPSA) is 46.6 Å². The Morgan fingerprint density at radius 2 is 1.56 bits per heavy atom. The van der Waals surface area contributed by atoms with Crippen molar-refractivity contribution < 1.29 is 14.3 Å². The van der Waals surface area contributed by atoms with E-state index in [4.69, 9.17) is 4.74 Å². The number of imide groups is 1. The summed E-state index contributed by atoms with van der Waals surface area (Å²) in [5.74, 6) is 1.01. The molecule has 1 aliphatic heterocycles. The normalized spacial score (nSPS) is 15.4. The molecule has 1 heterocycles. The van der Waals surface area contributed by atoms with E-state index in [9.17, 15) is 9.59 Å². The monoisotopic (exact) mass is 365 g/mol. The van der Waals surface area contributed by atoms with E-state index < -0.39 is 0 Å². The number of rotatable bonds is 8. The van der Waals surface area contributed by atoms with E-state index in [1.165, 1.54) is 16.0 Å². The number of benzene rings is 2. The number of hydrogen-bond acceptors (Lipinski definition) is 3. The molecule has 0 aliphatic carbocycles. The number of nitrogens with zero attached hydrogens (tertiary/aromatic N) is 1. The third kappa shape index (κ3) is 5.19. The van der Waals surface area contributed by atoms with Gasteiger partial charge in [-0.05, 0) is 55.9 Å². The minimum Gasteiger partial charge on any atom is -0.491 e. The highest BCUT2D eigenvalue weighted by Gasteiger charge is 2.29. The van der Waals surface area contributed by atoms with Crippen molar-refractivity contribution >= 4 is 11.8 Å². The summed E-state index contributed by atoms with van der Waals surface area (Å²) in [7, 11) is 0. The first-order valence-electron chi connectivity index (χ1n) is 9.66. The number of amides is 2. The van der Waals surface area contributed by atoms with Crippen LogP contribution in [0.1, 0.15) is 50.2 Å². The molecule has 0 saturated carbocycles. The fourth-order valence-electron chi connectivity index (χ4n) is 3.53. The molecule has 1 fully saturated rings. The maximum atomic E-state index is 11.9. The van der Waals surface area contributed by atoms with Crippen LogP contribution >= 0.6 is 0 Å². The quantitative estimate of drug-likeness (QED) is 0.654. The molecular weight excluding hydrogens is 338 g/mol. The lowest BCUT2D eigenvalue weighted by Gasteiger charge is -2.21. The molecule has 2 amide bonds. The van der Waals surface area contributed by atoms with Gasteiger partial charge in [-0.2, -0.15) is 0 Å². The minimum atomic E-state index is -0.0425. The third-order valence-electron chi connectivity index (χ3n) is 4.90. The Hall–Kier alpha value is -2.62. The summed E-state index contributed by atoms with van der Waals surface area (Å²) in [6.45, 7) is 4.51. The van der Waals surface area contributed by atoms with E-state index in [1.807, 2.05) is 44.2 Å². The van der Waals surface area contributed by atoms with Gasteiger partial charge >= 0.3 is 0 Å². The van der Waals surface area contributed by atoms with Crippen LogP contribution in [0, 0.1) is 0 Å². The molecule has 142 valence electrons. The smallest absolute Gasteiger partial charge is 0.229 e. The van der Waals surface area contributed by atoms with Gasteiger partial charge in [-0.3, -0.25) is 14.5 Å². The average Bonchev–Trinajstić information content (AvgIpc) is 2.98. The molecule has 3 rings (SSSR count). The summed E-state index contributed by atoms with van der Waals surface area (Å²) in [4.78, 5) is 25.3. The average molecular weight is 365 g/mol. The Morgan fingerprint density at radius 1 is 0.926 bits per heavy atom. The molecule has 2 aromatic rings. The number of ether oxygens (including phenoxy) is 1. The number of carbonyl (C=O) groups is 2. The van der Waals surface area contributed by atoms with Crippen LogP contribution in [0.3, 0.4) is 0 Å². The summed E-state index contributed by atoms with van der Waals surface area (Å²) < 4.78 is 5.74. The van der Waals surface area contributed by atoms with Crippen LogP contribution in [0.4, 0.5) is 0 Å². The van der Waals surface area contributed by atoms with Gasteiger partial charge in [0.2, 0.25) is 11.8 Å². The van der Waals surface area contributed by atoms with Gasteiger partial charge in [0.05, 0.1) is 6.10 Å². The Labute approximate surface area is 161 Å². The number of hydrogen-bond donors (Lipinski definition) is 0. The maximum absolute atomic E-state index is 11.9. The zero-order valence-electron chi connectivity index (χ0n) is 16.1. The molecule has 0 aromatic heterocycles. The zero-order chi connectivity index (χ0) is 19.2. The summed E-state index contributed by atoms with van der Waals surface area (Å²) in [6.07, 6.45) is 2.48. The Morgan fingerprint density at radius 3 is 2.15 bits per heavy atom. The molecule has 4 nitrogen and oxygen atoms in total. The van der Waals surface area contributed by atoms with Gasteiger partial charge in [0, 0.05) is 19.4 Å². The van der Waals surface area contributed by atoms with Crippen LogP contribution in [0.15, 0.2) is 54.6 Å². The second-order valence-corrected chi connectivity index (χ2v) is 7.35. The largest absolute Gasteiger partial charge is 0.491 e. The van der Waals surface area contributed by atoms with E-state index in [-0.39, 0.29) is 23.8 Å². The molecule has 0 unspecified atom stereocenters. The van der Waals surface area contributed by atoms with Gasteiger partial charge in [0.1, 0.15) is 5.75 Å². The summed E-state index contributed by atoms with van der Waals surface area (Å²) in [5, 5.41) is 0. The molecule has 1 aliphatic rings. The molecule has 0 spiro atoms. The fourth-order valence-corrected chi connectivity index (χ4v) is 3.53. The molecule has 2 aromatic carbocycles. The first kappa shape index (κ1) is 19.2. The van der Waals surface area contributed by atoms with Crippen molar-refractivity contribution in [2.24, 2.45) is 0 Å². The highest BCUT2D eigenvalue weighted by atomic mass is 16.5. The Balaban J connectivity index is 1.74. The second-order valence-electron chi connectivity index (χ2n) is 7.35. The van der Waals surface area contributed by atoms with Crippen molar-refractivity contribution in [2.75, 3.05) is 6.54 Å². The van der Waals surface area contributed by atoms with Crippen molar-refractivity contribution in [1.29, 1.82) is 0 Å². The first-order valence-corrected chi connectivity index (χ1v) is 9.66. The molecule has 0 N–H and O–H groups in total. The standard InChI is InChI=1S/C23H27NO3/c1-17(2)27-21-10-8-19(9-11-21)20(16-18-6-4-3-5-7-18)14-15-24-22(25)12-13-23(24)26/h3-11,17,20H,12-16H2,1-2H3/t20-/m1/s1. The maximum Gasteiger partial charge on any atom is 0.229 e. The lowest BCUT2D eigenvalue weighted by Crippen LogP contribution is -2.31. The minimum absolute atomic E-state index is 0.0425. The van der Waals surface area contributed by atoms with Crippen LogP contribution in [-0.4, -0.2) is 29.4 Å². The summed E-state index contributed by atoms with van der Waals surface area (Å²) >= 11 is 0. The highest BCUT2D eigenvalue weighted by Crippen LogP contribution is 2.28. The van der Waals surface area contributed by atoms with Crippen molar-refractivity contribution in [3.63, 3.8) is 0 Å². The molecule has 4 heteroatoms. The fraction of sp³-hybridized carbons (Fsp3) is 0.391.